The Labute approximate surface area is 120 Å². The fourth-order valence-electron chi connectivity index (χ4n) is 2.05. The second-order valence-electron chi connectivity index (χ2n) is 4.98. The standard InChI is InChI=1S/C11H16BrNO3S2/c1-11(2)7-8(5-6-16-11)13-18(14,15)10-4-3-9(12)17-10/h3-4,8,13H,5-7H2,1-2H3. The molecule has 1 saturated heterocycles. The molecule has 1 unspecified atom stereocenters. The summed E-state index contributed by atoms with van der Waals surface area (Å²) in [7, 11) is -3.41. The number of ether oxygens (including phenoxy) is 1. The van der Waals surface area contributed by atoms with Crippen molar-refractivity contribution in [2.75, 3.05) is 6.61 Å². The van der Waals surface area contributed by atoms with Gasteiger partial charge in [0.15, 0.2) is 0 Å². The largest absolute Gasteiger partial charge is 0.375 e. The van der Waals surface area contributed by atoms with E-state index in [9.17, 15) is 8.42 Å². The molecule has 2 heterocycles. The Morgan fingerprint density at radius 1 is 1.50 bits per heavy atom. The molecular formula is C11H16BrNO3S2. The van der Waals surface area contributed by atoms with Gasteiger partial charge in [-0.05, 0) is 54.8 Å². The molecule has 7 heteroatoms. The minimum absolute atomic E-state index is 0.0559. The fraction of sp³-hybridized carbons (Fsp3) is 0.636. The highest BCUT2D eigenvalue weighted by atomic mass is 79.9. The molecule has 102 valence electrons. The van der Waals surface area contributed by atoms with Gasteiger partial charge in [-0.2, -0.15) is 0 Å². The van der Waals surface area contributed by atoms with Crippen molar-refractivity contribution in [2.24, 2.45) is 0 Å². The fourth-order valence-corrected chi connectivity index (χ4v) is 5.35. The van der Waals surface area contributed by atoms with Crippen molar-refractivity contribution in [2.45, 2.75) is 42.5 Å². The van der Waals surface area contributed by atoms with Crippen molar-refractivity contribution in [3.63, 3.8) is 0 Å². The third kappa shape index (κ3) is 3.54. The molecule has 18 heavy (non-hydrogen) atoms. The molecule has 1 atom stereocenters. The van der Waals surface area contributed by atoms with Crippen LogP contribution in [-0.4, -0.2) is 26.7 Å². The monoisotopic (exact) mass is 353 g/mol. The lowest BCUT2D eigenvalue weighted by atomic mass is 9.95. The summed E-state index contributed by atoms with van der Waals surface area (Å²) in [4.78, 5) is 0. The first-order chi connectivity index (χ1) is 8.28. The average Bonchev–Trinajstić information content (AvgIpc) is 2.63. The molecule has 2 rings (SSSR count). The van der Waals surface area contributed by atoms with E-state index in [2.05, 4.69) is 20.7 Å². The molecule has 1 aromatic heterocycles. The molecule has 0 radical (unpaired) electrons. The Kier molecular flexibility index (Phi) is 4.18. The van der Waals surface area contributed by atoms with Crippen LogP contribution in [0.25, 0.3) is 0 Å². The third-order valence-corrected chi connectivity index (χ3v) is 6.47. The number of hydrogen-bond donors (Lipinski definition) is 1. The highest BCUT2D eigenvalue weighted by molar-refractivity contribution is 9.11. The lowest BCUT2D eigenvalue weighted by Crippen LogP contribution is -2.45. The van der Waals surface area contributed by atoms with E-state index in [0.717, 1.165) is 10.2 Å². The Balaban J connectivity index is 2.09. The Morgan fingerprint density at radius 2 is 2.22 bits per heavy atom. The van der Waals surface area contributed by atoms with E-state index in [1.807, 2.05) is 13.8 Å². The summed E-state index contributed by atoms with van der Waals surface area (Å²) in [6, 6.07) is 3.30. The van der Waals surface area contributed by atoms with Gasteiger partial charge >= 0.3 is 0 Å². The normalized spacial score (nSPS) is 24.1. The number of halogens is 1. The number of sulfonamides is 1. The van der Waals surface area contributed by atoms with Crippen molar-refractivity contribution in [1.29, 1.82) is 0 Å². The summed E-state index contributed by atoms with van der Waals surface area (Å²) in [5, 5.41) is 0. The average molecular weight is 354 g/mol. The molecule has 4 nitrogen and oxygen atoms in total. The molecular weight excluding hydrogens is 338 g/mol. The highest BCUT2D eigenvalue weighted by Gasteiger charge is 2.31. The van der Waals surface area contributed by atoms with Crippen LogP contribution in [0, 0.1) is 0 Å². The molecule has 0 spiro atoms. The molecule has 0 bridgehead atoms. The molecule has 0 aliphatic carbocycles. The summed E-state index contributed by atoms with van der Waals surface area (Å²) < 4.78 is 33.8. The van der Waals surface area contributed by atoms with Gasteiger partial charge in [0.2, 0.25) is 10.0 Å². The van der Waals surface area contributed by atoms with Gasteiger partial charge in [-0.15, -0.1) is 11.3 Å². The van der Waals surface area contributed by atoms with Gasteiger partial charge in [-0.25, -0.2) is 13.1 Å². The summed E-state index contributed by atoms with van der Waals surface area (Å²) in [6.45, 7) is 4.55. The van der Waals surface area contributed by atoms with Crippen LogP contribution < -0.4 is 4.72 Å². The molecule has 1 aliphatic rings. The quantitative estimate of drug-likeness (QED) is 0.908. The molecule has 1 aliphatic heterocycles. The lowest BCUT2D eigenvalue weighted by molar-refractivity contribution is -0.0599. The summed E-state index contributed by atoms with van der Waals surface area (Å²) in [5.41, 5.74) is -0.262. The lowest BCUT2D eigenvalue weighted by Gasteiger charge is -2.35. The predicted molar refractivity (Wildman–Crippen MR) is 75.4 cm³/mol. The molecule has 0 amide bonds. The smallest absolute Gasteiger partial charge is 0.250 e. The minimum Gasteiger partial charge on any atom is -0.375 e. The summed E-state index contributed by atoms with van der Waals surface area (Å²) in [5.74, 6) is 0. The van der Waals surface area contributed by atoms with Crippen LogP contribution in [0.5, 0.6) is 0 Å². The maximum absolute atomic E-state index is 12.2. The Morgan fingerprint density at radius 3 is 2.78 bits per heavy atom. The zero-order chi connectivity index (χ0) is 13.4. The first-order valence-electron chi connectivity index (χ1n) is 5.70. The van der Waals surface area contributed by atoms with Gasteiger partial charge in [0, 0.05) is 12.6 Å². The summed E-state index contributed by atoms with van der Waals surface area (Å²) >= 11 is 4.49. The molecule has 1 N–H and O–H groups in total. The van der Waals surface area contributed by atoms with E-state index in [0.29, 0.717) is 17.2 Å². The van der Waals surface area contributed by atoms with E-state index in [1.54, 1.807) is 12.1 Å². The van der Waals surface area contributed by atoms with E-state index < -0.39 is 10.0 Å². The predicted octanol–water partition coefficient (Wildman–Crippen LogP) is 2.75. The van der Waals surface area contributed by atoms with Crippen molar-refractivity contribution >= 4 is 37.3 Å². The SMILES string of the molecule is CC1(C)CC(NS(=O)(=O)c2ccc(Br)s2)CCO1. The zero-order valence-electron chi connectivity index (χ0n) is 10.3. The van der Waals surface area contributed by atoms with Gasteiger partial charge in [-0.1, -0.05) is 0 Å². The van der Waals surface area contributed by atoms with Crippen LogP contribution in [0.3, 0.4) is 0 Å². The maximum atomic E-state index is 12.2. The third-order valence-electron chi connectivity index (χ3n) is 2.83. The van der Waals surface area contributed by atoms with Crippen molar-refractivity contribution in [3.8, 4) is 0 Å². The number of rotatable bonds is 3. The number of nitrogens with one attached hydrogen (secondary N) is 1. The van der Waals surface area contributed by atoms with Crippen LogP contribution in [0.4, 0.5) is 0 Å². The van der Waals surface area contributed by atoms with E-state index in [1.165, 1.54) is 11.3 Å². The molecule has 0 saturated carbocycles. The zero-order valence-corrected chi connectivity index (χ0v) is 13.5. The van der Waals surface area contributed by atoms with Gasteiger partial charge in [0.05, 0.1) is 9.39 Å². The van der Waals surface area contributed by atoms with Crippen molar-refractivity contribution in [1.82, 2.24) is 4.72 Å². The second kappa shape index (κ2) is 5.20. The van der Waals surface area contributed by atoms with Gasteiger partial charge in [-0.3, -0.25) is 0 Å². The number of thiophene rings is 1. The Bertz CT molecular complexity index is 524. The molecule has 1 fully saturated rings. The van der Waals surface area contributed by atoms with Gasteiger partial charge < -0.3 is 4.74 Å². The van der Waals surface area contributed by atoms with Gasteiger partial charge in [0.25, 0.3) is 0 Å². The summed E-state index contributed by atoms with van der Waals surface area (Å²) in [6.07, 6.45) is 1.41. The second-order valence-corrected chi connectivity index (χ2v) is 9.38. The first kappa shape index (κ1) is 14.5. The number of hydrogen-bond acceptors (Lipinski definition) is 4. The molecule has 0 aromatic carbocycles. The molecule has 1 aromatic rings. The van der Waals surface area contributed by atoms with E-state index in [4.69, 9.17) is 4.74 Å². The van der Waals surface area contributed by atoms with Crippen LogP contribution in [0.15, 0.2) is 20.1 Å². The Hall–Kier alpha value is 0.0500. The van der Waals surface area contributed by atoms with Crippen LogP contribution in [0.2, 0.25) is 0 Å². The van der Waals surface area contributed by atoms with Crippen LogP contribution in [-0.2, 0) is 14.8 Å². The van der Waals surface area contributed by atoms with Crippen LogP contribution >= 0.6 is 27.3 Å². The minimum atomic E-state index is -3.41. The maximum Gasteiger partial charge on any atom is 0.250 e. The van der Waals surface area contributed by atoms with Crippen molar-refractivity contribution < 1.29 is 13.2 Å². The van der Waals surface area contributed by atoms with Crippen molar-refractivity contribution in [3.05, 3.63) is 15.9 Å². The van der Waals surface area contributed by atoms with E-state index >= 15 is 0 Å². The van der Waals surface area contributed by atoms with Crippen LogP contribution in [0.1, 0.15) is 26.7 Å². The highest BCUT2D eigenvalue weighted by Crippen LogP contribution is 2.28. The van der Waals surface area contributed by atoms with Gasteiger partial charge in [0.1, 0.15) is 4.21 Å². The topological polar surface area (TPSA) is 55.4 Å². The van der Waals surface area contributed by atoms with E-state index in [-0.39, 0.29) is 11.6 Å². The first-order valence-corrected chi connectivity index (χ1v) is 8.79.